The zero-order chi connectivity index (χ0) is 26.7. The Balaban J connectivity index is 1.60. The summed E-state index contributed by atoms with van der Waals surface area (Å²) in [6, 6.07) is 12.4. The molecule has 4 aromatic rings. The predicted octanol–water partition coefficient (Wildman–Crippen LogP) is 5.73. The van der Waals surface area contributed by atoms with Crippen LogP contribution >= 0.6 is 11.3 Å². The first-order valence-corrected chi connectivity index (χ1v) is 12.1. The largest absolute Gasteiger partial charge is 0.457 e. The fourth-order valence-corrected chi connectivity index (χ4v) is 4.88. The Labute approximate surface area is 213 Å². The molecule has 0 saturated heterocycles. The van der Waals surface area contributed by atoms with E-state index in [9.17, 15) is 27.6 Å². The van der Waals surface area contributed by atoms with E-state index in [1.807, 2.05) is 30.3 Å². The van der Waals surface area contributed by atoms with Crippen LogP contribution in [0.2, 0.25) is 0 Å². The standard InChI is InChI=1S/C26H22F3N3O4S/c1-3-19(22(33)31-18-11-7-10-17(12-18)26(27,28)29)32-14-30-23-20(24(32)34)15(2)21(37-23)25(35)36-13-16-8-5-4-6-9-16/h4-12,14,19H,3,13H2,1-2H3,(H,31,33). The molecule has 2 aromatic heterocycles. The number of benzene rings is 2. The van der Waals surface area contributed by atoms with Crippen LogP contribution in [0.3, 0.4) is 0 Å². The number of thiophene rings is 1. The summed E-state index contributed by atoms with van der Waals surface area (Å²) in [5.41, 5.74) is -0.285. The number of rotatable bonds is 7. The summed E-state index contributed by atoms with van der Waals surface area (Å²) >= 11 is 1.02. The van der Waals surface area contributed by atoms with E-state index < -0.39 is 35.2 Å². The number of carbonyl (C=O) groups excluding carboxylic acids is 2. The summed E-state index contributed by atoms with van der Waals surface area (Å²) in [4.78, 5) is 43.9. The SMILES string of the molecule is CCC(C(=O)Nc1cccc(C(F)(F)F)c1)n1cnc2sc(C(=O)OCc3ccccc3)c(C)c2c1=O. The van der Waals surface area contributed by atoms with Gasteiger partial charge in [0.05, 0.1) is 17.3 Å². The van der Waals surface area contributed by atoms with E-state index in [2.05, 4.69) is 10.3 Å². The van der Waals surface area contributed by atoms with Gasteiger partial charge in [-0.05, 0) is 42.7 Å². The second-order valence-electron chi connectivity index (χ2n) is 8.25. The summed E-state index contributed by atoms with van der Waals surface area (Å²) in [6.45, 7) is 3.34. The van der Waals surface area contributed by atoms with E-state index in [4.69, 9.17) is 4.74 Å². The molecule has 1 N–H and O–H groups in total. The summed E-state index contributed by atoms with van der Waals surface area (Å²) < 4.78 is 45.6. The lowest BCUT2D eigenvalue weighted by Crippen LogP contribution is -2.33. The van der Waals surface area contributed by atoms with Crippen LogP contribution in [-0.4, -0.2) is 21.4 Å². The second-order valence-corrected chi connectivity index (χ2v) is 9.25. The highest BCUT2D eigenvalue weighted by atomic mass is 32.1. The summed E-state index contributed by atoms with van der Waals surface area (Å²) in [6.07, 6.45) is -3.18. The average molecular weight is 530 g/mol. The molecule has 4 rings (SSSR count). The van der Waals surface area contributed by atoms with Gasteiger partial charge in [0.25, 0.3) is 5.56 Å². The number of nitrogens with zero attached hydrogens (tertiary/aromatic N) is 2. The van der Waals surface area contributed by atoms with Gasteiger partial charge < -0.3 is 10.1 Å². The van der Waals surface area contributed by atoms with Crippen molar-refractivity contribution in [2.45, 2.75) is 39.1 Å². The lowest BCUT2D eigenvalue weighted by atomic mass is 10.1. The van der Waals surface area contributed by atoms with Crippen LogP contribution in [0, 0.1) is 6.92 Å². The van der Waals surface area contributed by atoms with E-state index in [0.29, 0.717) is 10.4 Å². The van der Waals surface area contributed by atoms with Gasteiger partial charge in [0, 0.05) is 5.69 Å². The highest BCUT2D eigenvalue weighted by Gasteiger charge is 2.31. The monoisotopic (exact) mass is 529 g/mol. The maximum atomic E-state index is 13.4. The minimum absolute atomic E-state index is 0.0458. The molecule has 0 aliphatic carbocycles. The van der Waals surface area contributed by atoms with Crippen molar-refractivity contribution in [3.8, 4) is 0 Å². The maximum Gasteiger partial charge on any atom is 0.416 e. The topological polar surface area (TPSA) is 90.3 Å². The van der Waals surface area contributed by atoms with Crippen LogP contribution in [0.1, 0.15) is 45.7 Å². The molecular weight excluding hydrogens is 507 g/mol. The van der Waals surface area contributed by atoms with Gasteiger partial charge in [0.1, 0.15) is 22.4 Å². The van der Waals surface area contributed by atoms with Gasteiger partial charge in [0.2, 0.25) is 5.91 Å². The number of carbonyl (C=O) groups is 2. The van der Waals surface area contributed by atoms with Crippen molar-refractivity contribution in [1.29, 1.82) is 0 Å². The fourth-order valence-electron chi connectivity index (χ4n) is 3.85. The van der Waals surface area contributed by atoms with Crippen molar-refractivity contribution in [3.05, 3.63) is 92.8 Å². The Morgan fingerprint density at radius 1 is 1.14 bits per heavy atom. The van der Waals surface area contributed by atoms with Gasteiger partial charge in [0.15, 0.2) is 0 Å². The van der Waals surface area contributed by atoms with Crippen LogP contribution in [0.5, 0.6) is 0 Å². The third kappa shape index (κ3) is 5.56. The van der Waals surface area contributed by atoms with Crippen molar-refractivity contribution < 1.29 is 27.5 Å². The van der Waals surface area contributed by atoms with Crippen LogP contribution in [-0.2, 0) is 22.3 Å². The van der Waals surface area contributed by atoms with Gasteiger partial charge in [-0.1, -0.05) is 43.3 Å². The molecular formula is C26H22F3N3O4S. The minimum Gasteiger partial charge on any atom is -0.457 e. The molecule has 192 valence electrons. The molecule has 0 fully saturated rings. The zero-order valence-corrected chi connectivity index (χ0v) is 20.7. The van der Waals surface area contributed by atoms with E-state index in [-0.39, 0.29) is 29.0 Å². The van der Waals surface area contributed by atoms with E-state index in [1.54, 1.807) is 13.8 Å². The summed E-state index contributed by atoms with van der Waals surface area (Å²) in [7, 11) is 0. The van der Waals surface area contributed by atoms with E-state index in [1.165, 1.54) is 18.5 Å². The highest BCUT2D eigenvalue weighted by molar-refractivity contribution is 7.20. The number of ether oxygens (including phenoxy) is 1. The van der Waals surface area contributed by atoms with Gasteiger partial charge in [-0.25, -0.2) is 9.78 Å². The zero-order valence-electron chi connectivity index (χ0n) is 19.8. The number of nitrogens with one attached hydrogen (secondary N) is 1. The first kappa shape index (κ1) is 26.1. The molecule has 0 spiro atoms. The van der Waals surface area contributed by atoms with Gasteiger partial charge in [-0.15, -0.1) is 11.3 Å². The van der Waals surface area contributed by atoms with Crippen molar-refractivity contribution in [2.24, 2.45) is 0 Å². The first-order valence-electron chi connectivity index (χ1n) is 11.3. The van der Waals surface area contributed by atoms with Crippen LogP contribution < -0.4 is 10.9 Å². The number of hydrogen-bond acceptors (Lipinski definition) is 6. The summed E-state index contributed by atoms with van der Waals surface area (Å²) in [5.74, 6) is -1.26. The normalized spacial score (nSPS) is 12.4. The Morgan fingerprint density at radius 3 is 2.54 bits per heavy atom. The van der Waals surface area contributed by atoms with Crippen molar-refractivity contribution in [3.63, 3.8) is 0 Å². The molecule has 2 heterocycles. The van der Waals surface area contributed by atoms with Gasteiger partial charge in [-0.2, -0.15) is 13.2 Å². The molecule has 2 aromatic carbocycles. The molecule has 1 amide bonds. The van der Waals surface area contributed by atoms with E-state index in [0.717, 1.165) is 33.6 Å². The van der Waals surface area contributed by atoms with Crippen LogP contribution in [0.15, 0.2) is 65.7 Å². The quantitative estimate of drug-likeness (QED) is 0.309. The summed E-state index contributed by atoms with van der Waals surface area (Å²) in [5, 5.41) is 2.64. The molecule has 7 nitrogen and oxygen atoms in total. The number of hydrogen-bond donors (Lipinski definition) is 1. The number of alkyl halides is 3. The maximum absolute atomic E-state index is 13.4. The minimum atomic E-state index is -4.56. The van der Waals surface area contributed by atoms with Crippen molar-refractivity contribution >= 4 is 39.1 Å². The first-order chi connectivity index (χ1) is 17.6. The lowest BCUT2D eigenvalue weighted by Gasteiger charge is -2.18. The van der Waals surface area contributed by atoms with Crippen molar-refractivity contribution in [2.75, 3.05) is 5.32 Å². The van der Waals surface area contributed by atoms with Gasteiger partial charge in [-0.3, -0.25) is 14.2 Å². The van der Waals surface area contributed by atoms with Crippen molar-refractivity contribution in [1.82, 2.24) is 9.55 Å². The Hall–Kier alpha value is -3.99. The number of fused-ring (bicyclic) bond motifs is 1. The second kappa shape index (κ2) is 10.6. The number of amides is 1. The molecule has 0 saturated carbocycles. The molecule has 0 aliphatic heterocycles. The number of esters is 1. The smallest absolute Gasteiger partial charge is 0.416 e. The molecule has 1 unspecified atom stereocenters. The van der Waals surface area contributed by atoms with E-state index >= 15 is 0 Å². The molecule has 11 heteroatoms. The molecule has 1 atom stereocenters. The number of halogens is 3. The van der Waals surface area contributed by atoms with Crippen LogP contribution in [0.4, 0.5) is 18.9 Å². The fraction of sp³-hybridized carbons (Fsp3) is 0.231. The predicted molar refractivity (Wildman–Crippen MR) is 134 cm³/mol. The third-order valence-corrected chi connectivity index (χ3v) is 6.94. The van der Waals surface area contributed by atoms with Crippen LogP contribution in [0.25, 0.3) is 10.2 Å². The number of aromatic nitrogens is 2. The third-order valence-electron chi connectivity index (χ3n) is 5.76. The number of aryl methyl sites for hydroxylation is 1. The highest BCUT2D eigenvalue weighted by Crippen LogP contribution is 2.31. The Kier molecular flexibility index (Phi) is 7.44. The molecule has 0 aliphatic rings. The van der Waals surface area contributed by atoms with Gasteiger partial charge >= 0.3 is 12.1 Å². The molecule has 0 bridgehead atoms. The molecule has 37 heavy (non-hydrogen) atoms. The number of anilines is 1. The Bertz CT molecular complexity index is 1510. The Morgan fingerprint density at radius 2 is 1.86 bits per heavy atom. The molecule has 0 radical (unpaired) electrons. The average Bonchev–Trinajstić information content (AvgIpc) is 3.21. The lowest BCUT2D eigenvalue weighted by molar-refractivity contribution is -0.137.